The van der Waals surface area contributed by atoms with Crippen molar-refractivity contribution in [3.8, 4) is 0 Å². The monoisotopic (exact) mass is 452 g/mol. The maximum Gasteiger partial charge on any atom is -0.0162 e. The molecule has 2 saturated carbocycles. The molecule has 2 aliphatic rings. The van der Waals surface area contributed by atoms with E-state index in [0.29, 0.717) is 0 Å². The van der Waals surface area contributed by atoms with E-state index in [2.05, 4.69) is 39.0 Å². The Morgan fingerprint density at radius 2 is 1.18 bits per heavy atom. The molecule has 1 aromatic rings. The number of hydrogen-bond donors (Lipinski definition) is 0. The Morgan fingerprint density at radius 1 is 0.606 bits per heavy atom. The summed E-state index contributed by atoms with van der Waals surface area (Å²) in [7, 11) is 0. The van der Waals surface area contributed by atoms with Gasteiger partial charge in [0, 0.05) is 0 Å². The standard InChI is InChI=1S/C33H56/c1-4-6-7-8-9-10-11-13-29-19-22-32(23-20-29)33-25-24-31(27(3)26-33)21-18-30-16-14-28(12-5-2)15-17-30/h24-26,28-30,32H,4-23H2,1-3H3/t28-,29-,30-,32-. The van der Waals surface area contributed by atoms with Crippen molar-refractivity contribution in [1.29, 1.82) is 0 Å². The molecule has 2 aliphatic carbocycles. The summed E-state index contributed by atoms with van der Waals surface area (Å²) in [5.74, 6) is 3.88. The van der Waals surface area contributed by atoms with Gasteiger partial charge >= 0.3 is 0 Å². The largest absolute Gasteiger partial charge is 0.0654 e. The summed E-state index contributed by atoms with van der Waals surface area (Å²) in [6, 6.07) is 7.56. The van der Waals surface area contributed by atoms with Crippen LogP contribution in [0.1, 0.15) is 158 Å². The van der Waals surface area contributed by atoms with Crippen molar-refractivity contribution < 1.29 is 0 Å². The van der Waals surface area contributed by atoms with Crippen molar-refractivity contribution in [2.45, 2.75) is 155 Å². The number of hydrogen-bond acceptors (Lipinski definition) is 0. The van der Waals surface area contributed by atoms with E-state index >= 15 is 0 Å². The van der Waals surface area contributed by atoms with Crippen LogP contribution in [0.15, 0.2) is 18.2 Å². The average Bonchev–Trinajstić information content (AvgIpc) is 2.84. The molecule has 0 saturated heterocycles. The minimum Gasteiger partial charge on any atom is -0.0654 e. The molecule has 0 nitrogen and oxygen atoms in total. The van der Waals surface area contributed by atoms with Gasteiger partial charge in [-0.15, -0.1) is 0 Å². The van der Waals surface area contributed by atoms with Gasteiger partial charge in [0.2, 0.25) is 0 Å². The molecule has 0 aromatic heterocycles. The van der Waals surface area contributed by atoms with Crippen LogP contribution in [0.4, 0.5) is 0 Å². The first kappa shape index (κ1) is 26.8. The minimum atomic E-state index is 0.830. The highest BCUT2D eigenvalue weighted by atomic mass is 14.3. The minimum absolute atomic E-state index is 0.830. The number of aryl methyl sites for hydroxylation is 2. The molecular weight excluding hydrogens is 396 g/mol. The van der Waals surface area contributed by atoms with Crippen LogP contribution >= 0.6 is 0 Å². The van der Waals surface area contributed by atoms with Gasteiger partial charge in [0.05, 0.1) is 0 Å². The summed E-state index contributed by atoms with van der Waals surface area (Å²) in [5, 5.41) is 0. The molecule has 0 unspecified atom stereocenters. The van der Waals surface area contributed by atoms with E-state index in [-0.39, 0.29) is 0 Å². The van der Waals surface area contributed by atoms with E-state index in [1.54, 1.807) is 16.7 Å². The summed E-state index contributed by atoms with van der Waals surface area (Å²) in [6.45, 7) is 7.04. The van der Waals surface area contributed by atoms with Gasteiger partial charge < -0.3 is 0 Å². The molecule has 0 N–H and O–H groups in total. The number of rotatable bonds is 14. The summed E-state index contributed by atoms with van der Waals surface area (Å²) >= 11 is 0. The normalized spacial score (nSPS) is 25.9. The van der Waals surface area contributed by atoms with Gasteiger partial charge in [0.1, 0.15) is 0 Å². The van der Waals surface area contributed by atoms with Gasteiger partial charge in [-0.1, -0.05) is 122 Å². The summed E-state index contributed by atoms with van der Waals surface area (Å²) in [5.41, 5.74) is 4.84. The van der Waals surface area contributed by atoms with Gasteiger partial charge in [-0.05, 0) is 85.8 Å². The highest BCUT2D eigenvalue weighted by molar-refractivity contribution is 5.33. The summed E-state index contributed by atoms with van der Waals surface area (Å²) in [4.78, 5) is 0. The topological polar surface area (TPSA) is 0 Å². The zero-order chi connectivity index (χ0) is 23.3. The Labute approximate surface area is 207 Å². The smallest absolute Gasteiger partial charge is 0.0162 e. The third kappa shape index (κ3) is 9.41. The fourth-order valence-corrected chi connectivity index (χ4v) is 7.00. The summed E-state index contributed by atoms with van der Waals surface area (Å²) in [6.07, 6.45) is 29.0. The Hall–Kier alpha value is -0.780. The van der Waals surface area contributed by atoms with Gasteiger partial charge in [0.25, 0.3) is 0 Å². The third-order valence-corrected chi connectivity index (χ3v) is 9.39. The molecule has 0 heterocycles. The maximum absolute atomic E-state index is 2.56. The second-order valence-corrected chi connectivity index (χ2v) is 12.0. The molecule has 1 aromatic carbocycles. The summed E-state index contributed by atoms with van der Waals surface area (Å²) < 4.78 is 0. The maximum atomic E-state index is 2.56. The fraction of sp³-hybridized carbons (Fsp3) is 0.818. The Balaban J connectivity index is 1.33. The van der Waals surface area contributed by atoms with Crippen LogP contribution in [0.3, 0.4) is 0 Å². The van der Waals surface area contributed by atoms with Gasteiger partial charge in [-0.3, -0.25) is 0 Å². The molecule has 0 aliphatic heterocycles. The lowest BCUT2D eigenvalue weighted by Gasteiger charge is -2.30. The zero-order valence-corrected chi connectivity index (χ0v) is 22.7. The van der Waals surface area contributed by atoms with E-state index in [9.17, 15) is 0 Å². The quantitative estimate of drug-likeness (QED) is 0.246. The lowest BCUT2D eigenvalue weighted by molar-refractivity contribution is 0.252. The van der Waals surface area contributed by atoms with Crippen molar-refractivity contribution in [2.24, 2.45) is 17.8 Å². The van der Waals surface area contributed by atoms with Crippen molar-refractivity contribution in [3.05, 3.63) is 34.9 Å². The van der Waals surface area contributed by atoms with Crippen LogP contribution in [0.25, 0.3) is 0 Å². The molecule has 0 amide bonds. The van der Waals surface area contributed by atoms with Crippen LogP contribution in [-0.2, 0) is 6.42 Å². The molecule has 0 spiro atoms. The SMILES string of the molecule is CCCCCCCCC[C@H]1CC[C@H](c2ccc(CC[C@H]3CC[C@H](CCC)CC3)c(C)c2)CC1. The van der Waals surface area contributed by atoms with Crippen molar-refractivity contribution in [2.75, 3.05) is 0 Å². The fourth-order valence-electron chi connectivity index (χ4n) is 7.00. The predicted molar refractivity (Wildman–Crippen MR) is 147 cm³/mol. The predicted octanol–water partition coefficient (Wildman–Crippen LogP) is 10.9. The van der Waals surface area contributed by atoms with E-state index in [1.165, 1.54) is 128 Å². The molecule has 33 heavy (non-hydrogen) atoms. The van der Waals surface area contributed by atoms with E-state index < -0.39 is 0 Å². The second kappa shape index (κ2) is 15.3. The van der Waals surface area contributed by atoms with Crippen molar-refractivity contribution in [1.82, 2.24) is 0 Å². The number of benzene rings is 1. The molecule has 0 heteroatoms. The molecule has 188 valence electrons. The van der Waals surface area contributed by atoms with Crippen molar-refractivity contribution >= 4 is 0 Å². The van der Waals surface area contributed by atoms with Crippen LogP contribution in [-0.4, -0.2) is 0 Å². The first-order valence-electron chi connectivity index (χ1n) is 15.3. The lowest BCUT2D eigenvalue weighted by atomic mass is 9.76. The van der Waals surface area contributed by atoms with Crippen LogP contribution < -0.4 is 0 Å². The van der Waals surface area contributed by atoms with Gasteiger partial charge in [-0.25, -0.2) is 0 Å². The first-order chi connectivity index (χ1) is 16.2. The van der Waals surface area contributed by atoms with Crippen LogP contribution in [0.2, 0.25) is 0 Å². The second-order valence-electron chi connectivity index (χ2n) is 12.0. The average molecular weight is 453 g/mol. The van der Waals surface area contributed by atoms with Crippen LogP contribution in [0, 0.1) is 24.7 Å². The van der Waals surface area contributed by atoms with E-state index in [4.69, 9.17) is 0 Å². The lowest BCUT2D eigenvalue weighted by Crippen LogP contribution is -2.15. The van der Waals surface area contributed by atoms with Crippen LogP contribution in [0.5, 0.6) is 0 Å². The molecule has 3 rings (SSSR count). The highest BCUT2D eigenvalue weighted by Gasteiger charge is 2.23. The first-order valence-corrected chi connectivity index (χ1v) is 15.3. The Kier molecular flexibility index (Phi) is 12.4. The van der Waals surface area contributed by atoms with E-state index in [1.807, 2.05) is 0 Å². The van der Waals surface area contributed by atoms with Gasteiger partial charge in [-0.2, -0.15) is 0 Å². The molecule has 0 atom stereocenters. The number of unbranched alkanes of at least 4 members (excludes halogenated alkanes) is 6. The van der Waals surface area contributed by atoms with Gasteiger partial charge in [0.15, 0.2) is 0 Å². The molecule has 0 bridgehead atoms. The Morgan fingerprint density at radius 3 is 1.82 bits per heavy atom. The molecular formula is C33H56. The molecule has 2 fully saturated rings. The highest BCUT2D eigenvalue weighted by Crippen LogP contribution is 2.39. The van der Waals surface area contributed by atoms with Crippen molar-refractivity contribution in [3.63, 3.8) is 0 Å². The zero-order valence-electron chi connectivity index (χ0n) is 22.7. The molecule has 0 radical (unpaired) electrons. The third-order valence-electron chi connectivity index (χ3n) is 9.39. The van der Waals surface area contributed by atoms with E-state index in [0.717, 1.165) is 23.7 Å². The Bertz CT molecular complexity index is 627.